The van der Waals surface area contributed by atoms with Crippen molar-refractivity contribution in [1.82, 2.24) is 0 Å². The summed E-state index contributed by atoms with van der Waals surface area (Å²) >= 11 is 0. The summed E-state index contributed by atoms with van der Waals surface area (Å²) in [7, 11) is 0. The minimum Gasteiger partial charge on any atom is -0.490 e. The highest BCUT2D eigenvalue weighted by Crippen LogP contribution is 2.30. The molecule has 0 N–H and O–H groups in total. The molecule has 0 atom stereocenters. The highest BCUT2D eigenvalue weighted by Gasteiger charge is 2.15. The van der Waals surface area contributed by atoms with E-state index in [4.69, 9.17) is 4.74 Å². The van der Waals surface area contributed by atoms with E-state index < -0.39 is 11.6 Å². The summed E-state index contributed by atoms with van der Waals surface area (Å²) in [4.78, 5) is 0. The zero-order valence-corrected chi connectivity index (χ0v) is 17.4. The number of halogens is 2. The summed E-state index contributed by atoms with van der Waals surface area (Å²) in [6, 6.07) is 10.9. The predicted molar refractivity (Wildman–Crippen MR) is 114 cm³/mol. The molecular formula is C25H34F2O. The van der Waals surface area contributed by atoms with Crippen LogP contribution in [0.3, 0.4) is 0 Å². The molecule has 3 heteroatoms. The largest absolute Gasteiger partial charge is 0.490 e. The van der Waals surface area contributed by atoms with E-state index in [9.17, 15) is 8.78 Å². The van der Waals surface area contributed by atoms with Crippen molar-refractivity contribution in [2.45, 2.75) is 78.1 Å². The van der Waals surface area contributed by atoms with Gasteiger partial charge < -0.3 is 4.74 Å². The van der Waals surface area contributed by atoms with Gasteiger partial charge in [-0.1, -0.05) is 83.1 Å². The van der Waals surface area contributed by atoms with E-state index in [0.29, 0.717) is 12.2 Å². The Morgan fingerprint density at radius 2 is 1.32 bits per heavy atom. The molecule has 2 rings (SSSR count). The first-order valence-electron chi connectivity index (χ1n) is 10.9. The minimum absolute atomic E-state index is 0.00555. The Hall–Kier alpha value is -1.90. The molecule has 0 unspecified atom stereocenters. The van der Waals surface area contributed by atoms with E-state index in [-0.39, 0.29) is 11.3 Å². The fraction of sp³-hybridized carbons (Fsp3) is 0.520. The van der Waals surface area contributed by atoms with Crippen molar-refractivity contribution in [3.05, 3.63) is 53.6 Å². The lowest BCUT2D eigenvalue weighted by Gasteiger charge is -2.11. The molecule has 0 saturated heterocycles. The number of rotatable bonds is 13. The SMILES string of the molecule is CCCCCCCCOc1ccc(-c2ccc(CCCCC)cc2)c(F)c1F. The molecule has 0 aliphatic carbocycles. The Balaban J connectivity index is 1.92. The minimum atomic E-state index is -0.893. The van der Waals surface area contributed by atoms with Gasteiger partial charge in [0.25, 0.3) is 0 Å². The van der Waals surface area contributed by atoms with Crippen molar-refractivity contribution in [2.75, 3.05) is 6.61 Å². The number of ether oxygens (including phenoxy) is 1. The van der Waals surface area contributed by atoms with E-state index in [1.54, 1.807) is 12.1 Å². The van der Waals surface area contributed by atoms with E-state index in [0.717, 1.165) is 25.7 Å². The summed E-state index contributed by atoms with van der Waals surface area (Å²) < 4.78 is 34.4. The lowest BCUT2D eigenvalue weighted by atomic mass is 10.0. The molecule has 0 spiro atoms. The smallest absolute Gasteiger partial charge is 0.201 e. The highest BCUT2D eigenvalue weighted by atomic mass is 19.2. The van der Waals surface area contributed by atoms with Gasteiger partial charge in [0.15, 0.2) is 11.6 Å². The van der Waals surface area contributed by atoms with E-state index >= 15 is 0 Å². The van der Waals surface area contributed by atoms with Crippen LogP contribution in [-0.4, -0.2) is 6.61 Å². The van der Waals surface area contributed by atoms with Crippen LogP contribution in [0.25, 0.3) is 11.1 Å². The third kappa shape index (κ3) is 6.92. The monoisotopic (exact) mass is 388 g/mol. The molecule has 28 heavy (non-hydrogen) atoms. The molecule has 0 aliphatic heterocycles. The third-order valence-electron chi connectivity index (χ3n) is 5.14. The number of hydrogen-bond donors (Lipinski definition) is 0. The number of unbranched alkanes of at least 4 members (excludes halogenated alkanes) is 7. The lowest BCUT2D eigenvalue weighted by molar-refractivity contribution is 0.285. The van der Waals surface area contributed by atoms with Gasteiger partial charge in [-0.2, -0.15) is 4.39 Å². The van der Waals surface area contributed by atoms with Gasteiger partial charge in [-0.25, -0.2) is 4.39 Å². The van der Waals surface area contributed by atoms with Crippen molar-refractivity contribution in [3.63, 3.8) is 0 Å². The van der Waals surface area contributed by atoms with Crippen LogP contribution < -0.4 is 4.74 Å². The van der Waals surface area contributed by atoms with Gasteiger partial charge in [0.1, 0.15) is 0 Å². The number of hydrogen-bond acceptors (Lipinski definition) is 1. The second kappa shape index (κ2) is 12.5. The molecule has 0 bridgehead atoms. The van der Waals surface area contributed by atoms with Crippen molar-refractivity contribution in [3.8, 4) is 16.9 Å². The Labute approximate surface area is 169 Å². The van der Waals surface area contributed by atoms with E-state index in [1.165, 1.54) is 44.1 Å². The summed E-state index contributed by atoms with van der Waals surface area (Å²) in [6.07, 6.45) is 11.4. The Morgan fingerprint density at radius 1 is 0.679 bits per heavy atom. The van der Waals surface area contributed by atoms with Gasteiger partial charge in [0.05, 0.1) is 6.61 Å². The van der Waals surface area contributed by atoms with Crippen LogP contribution in [0.15, 0.2) is 36.4 Å². The quantitative estimate of drug-likeness (QED) is 0.315. The average Bonchev–Trinajstić information content (AvgIpc) is 2.71. The molecule has 154 valence electrons. The molecule has 2 aromatic carbocycles. The summed E-state index contributed by atoms with van der Waals surface area (Å²) in [6.45, 7) is 4.79. The molecule has 0 radical (unpaired) electrons. The van der Waals surface area contributed by atoms with Crippen LogP contribution in [-0.2, 0) is 6.42 Å². The van der Waals surface area contributed by atoms with Crippen LogP contribution in [0.5, 0.6) is 5.75 Å². The lowest BCUT2D eigenvalue weighted by Crippen LogP contribution is -2.01. The summed E-state index contributed by atoms with van der Waals surface area (Å²) in [5, 5.41) is 0. The van der Waals surface area contributed by atoms with Gasteiger partial charge in [-0.05, 0) is 42.5 Å². The number of benzene rings is 2. The summed E-state index contributed by atoms with van der Waals surface area (Å²) in [5.74, 6) is -1.72. The highest BCUT2D eigenvalue weighted by molar-refractivity contribution is 5.65. The van der Waals surface area contributed by atoms with Crippen molar-refractivity contribution >= 4 is 0 Å². The zero-order chi connectivity index (χ0) is 20.2. The normalized spacial score (nSPS) is 11.0. The third-order valence-corrected chi connectivity index (χ3v) is 5.14. The second-order valence-corrected chi connectivity index (χ2v) is 7.51. The molecule has 0 aromatic heterocycles. The van der Waals surface area contributed by atoms with Crippen LogP contribution in [0.2, 0.25) is 0 Å². The van der Waals surface area contributed by atoms with E-state index in [2.05, 4.69) is 13.8 Å². The molecule has 1 nitrogen and oxygen atoms in total. The molecule has 0 fully saturated rings. The fourth-order valence-electron chi connectivity index (χ4n) is 3.36. The topological polar surface area (TPSA) is 9.23 Å². The summed E-state index contributed by atoms with van der Waals surface area (Å²) in [5.41, 5.74) is 2.21. The van der Waals surface area contributed by atoms with Crippen LogP contribution in [0.4, 0.5) is 8.78 Å². The first kappa shape index (κ1) is 22.4. The van der Waals surface area contributed by atoms with Crippen LogP contribution in [0.1, 0.15) is 77.2 Å². The van der Waals surface area contributed by atoms with Gasteiger partial charge in [-0.15, -0.1) is 0 Å². The molecule has 0 aliphatic rings. The Bertz CT molecular complexity index is 694. The predicted octanol–water partition coefficient (Wildman–Crippen LogP) is 8.10. The van der Waals surface area contributed by atoms with Crippen molar-refractivity contribution < 1.29 is 13.5 Å². The van der Waals surface area contributed by atoms with Crippen molar-refractivity contribution in [2.24, 2.45) is 0 Å². The first-order valence-corrected chi connectivity index (χ1v) is 10.9. The fourth-order valence-corrected chi connectivity index (χ4v) is 3.36. The molecule has 0 amide bonds. The first-order chi connectivity index (χ1) is 13.7. The zero-order valence-electron chi connectivity index (χ0n) is 17.4. The van der Waals surface area contributed by atoms with E-state index in [1.807, 2.05) is 24.3 Å². The van der Waals surface area contributed by atoms with Crippen molar-refractivity contribution in [1.29, 1.82) is 0 Å². The Morgan fingerprint density at radius 3 is 2.04 bits per heavy atom. The standard InChI is InChI=1S/C25H34F2O/c1-3-5-7-8-9-11-19-28-23-18-17-22(24(26)25(23)27)21-15-13-20(14-16-21)12-10-6-4-2/h13-18H,3-12,19H2,1-2H3. The Kier molecular flexibility index (Phi) is 10.0. The molecular weight excluding hydrogens is 354 g/mol. The van der Waals surface area contributed by atoms with Gasteiger partial charge >= 0.3 is 0 Å². The maximum Gasteiger partial charge on any atom is 0.201 e. The maximum atomic E-state index is 14.6. The number of aryl methyl sites for hydroxylation is 1. The van der Waals surface area contributed by atoms with Gasteiger partial charge in [0.2, 0.25) is 5.82 Å². The van der Waals surface area contributed by atoms with Gasteiger partial charge in [0, 0.05) is 5.56 Å². The second-order valence-electron chi connectivity index (χ2n) is 7.51. The van der Waals surface area contributed by atoms with Gasteiger partial charge in [-0.3, -0.25) is 0 Å². The average molecular weight is 389 g/mol. The molecule has 2 aromatic rings. The maximum absolute atomic E-state index is 14.6. The van der Waals surface area contributed by atoms with Crippen LogP contribution in [0, 0.1) is 11.6 Å². The molecule has 0 heterocycles. The molecule has 0 saturated carbocycles. The van der Waals surface area contributed by atoms with Crippen LogP contribution >= 0.6 is 0 Å².